The fraction of sp³-hybridized carbons (Fsp3) is 0.786. The van der Waals surface area contributed by atoms with Crippen molar-refractivity contribution in [3.63, 3.8) is 0 Å². The Morgan fingerprint density at radius 3 is 2.32 bits per heavy atom. The molecule has 1 atom stereocenters. The number of esters is 1. The van der Waals surface area contributed by atoms with Crippen LogP contribution in [0, 0.1) is 17.2 Å². The first-order valence-corrected chi connectivity index (χ1v) is 6.54. The summed E-state index contributed by atoms with van der Waals surface area (Å²) in [5, 5.41) is 11.3. The first-order chi connectivity index (χ1) is 8.65. The lowest BCUT2D eigenvalue weighted by Crippen LogP contribution is -2.40. The van der Waals surface area contributed by atoms with E-state index in [4.69, 9.17) is 10.00 Å². The standard InChI is InChI=1S/C14H24N2O3/c1-10(2)11(7-6-8-15)16-12(17)9-13(18)19-14(3,4)5/h10-11H,6-7,9H2,1-5H3,(H,16,17). The van der Waals surface area contributed by atoms with Gasteiger partial charge in [-0.15, -0.1) is 0 Å². The van der Waals surface area contributed by atoms with Crippen molar-refractivity contribution in [3.8, 4) is 6.07 Å². The number of amides is 1. The zero-order chi connectivity index (χ0) is 15.1. The highest BCUT2D eigenvalue weighted by molar-refractivity contribution is 5.94. The monoisotopic (exact) mass is 268 g/mol. The van der Waals surface area contributed by atoms with Gasteiger partial charge in [0.25, 0.3) is 0 Å². The summed E-state index contributed by atoms with van der Waals surface area (Å²) < 4.78 is 5.08. The van der Waals surface area contributed by atoms with Gasteiger partial charge in [0.05, 0.1) is 6.07 Å². The van der Waals surface area contributed by atoms with Gasteiger partial charge in [0.2, 0.25) is 5.91 Å². The molecule has 5 nitrogen and oxygen atoms in total. The minimum absolute atomic E-state index is 0.0883. The lowest BCUT2D eigenvalue weighted by molar-refractivity contribution is -0.156. The van der Waals surface area contributed by atoms with Crippen molar-refractivity contribution < 1.29 is 14.3 Å². The summed E-state index contributed by atoms with van der Waals surface area (Å²) in [7, 11) is 0. The van der Waals surface area contributed by atoms with Gasteiger partial charge >= 0.3 is 5.97 Å². The fourth-order valence-electron chi connectivity index (χ4n) is 1.56. The van der Waals surface area contributed by atoms with E-state index in [1.54, 1.807) is 20.8 Å². The van der Waals surface area contributed by atoms with E-state index in [1.165, 1.54) is 0 Å². The average Bonchev–Trinajstić information content (AvgIpc) is 2.20. The van der Waals surface area contributed by atoms with Gasteiger partial charge in [-0.05, 0) is 33.1 Å². The first kappa shape index (κ1) is 17.4. The summed E-state index contributed by atoms with van der Waals surface area (Å²) in [4.78, 5) is 23.2. The van der Waals surface area contributed by atoms with E-state index in [2.05, 4.69) is 11.4 Å². The largest absolute Gasteiger partial charge is 0.460 e. The molecule has 5 heteroatoms. The molecule has 0 spiro atoms. The quantitative estimate of drug-likeness (QED) is 0.591. The molecule has 1 amide bonds. The van der Waals surface area contributed by atoms with Crippen LogP contribution < -0.4 is 5.32 Å². The highest BCUT2D eigenvalue weighted by atomic mass is 16.6. The van der Waals surface area contributed by atoms with Crippen LogP contribution in [0.15, 0.2) is 0 Å². The van der Waals surface area contributed by atoms with Crippen LogP contribution in [-0.2, 0) is 14.3 Å². The normalized spacial score (nSPS) is 12.7. The number of nitrogens with zero attached hydrogens (tertiary/aromatic N) is 1. The van der Waals surface area contributed by atoms with Crippen LogP contribution in [0.5, 0.6) is 0 Å². The smallest absolute Gasteiger partial charge is 0.315 e. The number of rotatable bonds is 6. The second-order valence-corrected chi connectivity index (χ2v) is 5.88. The molecule has 108 valence electrons. The van der Waals surface area contributed by atoms with E-state index < -0.39 is 11.6 Å². The maximum absolute atomic E-state index is 11.7. The number of hydrogen-bond donors (Lipinski definition) is 1. The van der Waals surface area contributed by atoms with Crippen LogP contribution in [0.3, 0.4) is 0 Å². The molecule has 0 aromatic rings. The van der Waals surface area contributed by atoms with Gasteiger partial charge in [-0.2, -0.15) is 5.26 Å². The number of carbonyl (C=O) groups is 2. The summed E-state index contributed by atoms with van der Waals surface area (Å²) >= 11 is 0. The van der Waals surface area contributed by atoms with Gasteiger partial charge < -0.3 is 10.1 Å². The second kappa shape index (κ2) is 7.78. The van der Waals surface area contributed by atoms with Gasteiger partial charge in [-0.25, -0.2) is 0 Å². The van der Waals surface area contributed by atoms with E-state index in [0.717, 1.165) is 0 Å². The molecule has 0 heterocycles. The van der Waals surface area contributed by atoms with Crippen LogP contribution >= 0.6 is 0 Å². The Balaban J connectivity index is 4.27. The first-order valence-electron chi connectivity index (χ1n) is 6.54. The highest BCUT2D eigenvalue weighted by Crippen LogP contribution is 2.10. The van der Waals surface area contributed by atoms with E-state index in [0.29, 0.717) is 12.8 Å². The average molecular weight is 268 g/mol. The maximum Gasteiger partial charge on any atom is 0.315 e. The Bertz CT molecular complexity index is 351. The molecule has 0 bridgehead atoms. The third kappa shape index (κ3) is 9.06. The number of nitriles is 1. The topological polar surface area (TPSA) is 79.2 Å². The van der Waals surface area contributed by atoms with Crippen molar-refractivity contribution >= 4 is 11.9 Å². The molecule has 0 saturated carbocycles. The Hall–Kier alpha value is -1.57. The predicted octanol–water partition coefficient (Wildman–Crippen LogP) is 2.16. The van der Waals surface area contributed by atoms with E-state index in [1.807, 2.05) is 13.8 Å². The molecule has 0 saturated heterocycles. The second-order valence-electron chi connectivity index (χ2n) is 5.88. The molecule has 0 radical (unpaired) electrons. The Morgan fingerprint density at radius 2 is 1.89 bits per heavy atom. The molecule has 1 N–H and O–H groups in total. The van der Waals surface area contributed by atoms with Gasteiger partial charge in [0.15, 0.2) is 0 Å². The Morgan fingerprint density at radius 1 is 1.32 bits per heavy atom. The lowest BCUT2D eigenvalue weighted by Gasteiger charge is -2.22. The van der Waals surface area contributed by atoms with E-state index in [-0.39, 0.29) is 24.3 Å². The highest BCUT2D eigenvalue weighted by Gasteiger charge is 2.21. The van der Waals surface area contributed by atoms with Crippen molar-refractivity contribution in [2.75, 3.05) is 0 Å². The minimum Gasteiger partial charge on any atom is -0.460 e. The number of hydrogen-bond acceptors (Lipinski definition) is 4. The summed E-state index contributed by atoms with van der Waals surface area (Å²) in [5.41, 5.74) is -0.588. The van der Waals surface area contributed by atoms with Crippen molar-refractivity contribution in [1.29, 1.82) is 5.26 Å². The third-order valence-corrected chi connectivity index (χ3v) is 2.44. The van der Waals surface area contributed by atoms with Crippen LogP contribution in [0.1, 0.15) is 53.9 Å². The number of carbonyl (C=O) groups excluding carboxylic acids is 2. The lowest BCUT2D eigenvalue weighted by atomic mass is 9.99. The molecule has 1 unspecified atom stereocenters. The van der Waals surface area contributed by atoms with E-state index >= 15 is 0 Å². The molecule has 0 fully saturated rings. The van der Waals surface area contributed by atoms with Crippen LogP contribution in [0.2, 0.25) is 0 Å². The molecule has 19 heavy (non-hydrogen) atoms. The Kier molecular flexibility index (Phi) is 7.13. The van der Waals surface area contributed by atoms with Gasteiger partial charge in [-0.3, -0.25) is 9.59 Å². The molecule has 0 aliphatic heterocycles. The van der Waals surface area contributed by atoms with Crippen LogP contribution in [0.25, 0.3) is 0 Å². The van der Waals surface area contributed by atoms with Gasteiger partial charge in [0.1, 0.15) is 12.0 Å². The molecule has 0 aromatic carbocycles. The molecule has 0 aliphatic carbocycles. The maximum atomic E-state index is 11.7. The SMILES string of the molecule is CC(C)C(CCC#N)NC(=O)CC(=O)OC(C)(C)C. The zero-order valence-corrected chi connectivity index (χ0v) is 12.4. The summed E-state index contributed by atoms with van der Waals surface area (Å²) in [6.45, 7) is 9.21. The van der Waals surface area contributed by atoms with Crippen LogP contribution in [-0.4, -0.2) is 23.5 Å². The molecular formula is C14H24N2O3. The summed E-state index contributed by atoms with van der Waals surface area (Å²) in [5.74, 6) is -0.672. The molecular weight excluding hydrogens is 244 g/mol. The van der Waals surface area contributed by atoms with Gasteiger partial charge in [-0.1, -0.05) is 13.8 Å². The predicted molar refractivity (Wildman–Crippen MR) is 72.1 cm³/mol. The minimum atomic E-state index is -0.588. The third-order valence-electron chi connectivity index (χ3n) is 2.44. The summed E-state index contributed by atoms with van der Waals surface area (Å²) in [6, 6.07) is 1.97. The molecule has 0 aromatic heterocycles. The molecule has 0 rings (SSSR count). The Labute approximate surface area is 115 Å². The van der Waals surface area contributed by atoms with Gasteiger partial charge in [0, 0.05) is 12.5 Å². The van der Waals surface area contributed by atoms with Crippen molar-refractivity contribution in [2.45, 2.75) is 65.5 Å². The van der Waals surface area contributed by atoms with Crippen molar-refractivity contribution in [1.82, 2.24) is 5.32 Å². The number of ether oxygens (including phenoxy) is 1. The fourth-order valence-corrected chi connectivity index (χ4v) is 1.56. The van der Waals surface area contributed by atoms with E-state index in [9.17, 15) is 9.59 Å². The number of nitrogens with one attached hydrogen (secondary N) is 1. The molecule has 0 aliphatic rings. The van der Waals surface area contributed by atoms with Crippen molar-refractivity contribution in [2.24, 2.45) is 5.92 Å². The van der Waals surface area contributed by atoms with Crippen LogP contribution in [0.4, 0.5) is 0 Å². The zero-order valence-electron chi connectivity index (χ0n) is 12.4. The summed E-state index contributed by atoms with van der Waals surface area (Å²) in [6.07, 6.45) is 0.691. The van der Waals surface area contributed by atoms with Crippen molar-refractivity contribution in [3.05, 3.63) is 0 Å².